The molecule has 478 valence electrons. The van der Waals surface area contributed by atoms with E-state index in [4.69, 9.17) is 14.2 Å². The molecule has 0 saturated carbocycles. The van der Waals surface area contributed by atoms with Gasteiger partial charge in [-0.25, -0.2) is 0 Å². The van der Waals surface area contributed by atoms with Gasteiger partial charge in [-0.1, -0.05) is 311 Å². The Labute approximate surface area is 515 Å². The maximum atomic E-state index is 13.0. The van der Waals surface area contributed by atoms with Gasteiger partial charge in [0.05, 0.1) is 0 Å². The first-order valence-electron chi connectivity index (χ1n) is 35.7. The van der Waals surface area contributed by atoms with Crippen LogP contribution in [0.3, 0.4) is 0 Å². The number of carbonyl (C=O) groups excluding carboxylic acids is 3. The van der Waals surface area contributed by atoms with Gasteiger partial charge in [0.15, 0.2) is 6.10 Å². The number of esters is 3. The third-order valence-corrected chi connectivity index (χ3v) is 15.5. The van der Waals surface area contributed by atoms with Gasteiger partial charge < -0.3 is 14.2 Å². The SMILES string of the molecule is CC/C=C\C/C=C\C/C=C\C/C=C\C/C=C\CCCCCCCCCCCCCC(=O)OCC(COC(=O)CCCCCCCCC/C=C\C/C=C\CCCCC)OC(=O)CCCCCCCCCCC/C=C\CCCCCCCCCC. The molecule has 0 amide bonds. The first kappa shape index (κ1) is 79.3. The molecule has 0 spiro atoms. The van der Waals surface area contributed by atoms with E-state index < -0.39 is 6.10 Å². The summed E-state index contributed by atoms with van der Waals surface area (Å²) in [7, 11) is 0. The van der Waals surface area contributed by atoms with Crippen LogP contribution in [-0.2, 0) is 28.6 Å². The molecule has 0 heterocycles. The van der Waals surface area contributed by atoms with Crippen LogP contribution in [0.15, 0.2) is 97.2 Å². The summed E-state index contributed by atoms with van der Waals surface area (Å²) >= 11 is 0. The normalized spacial score (nSPS) is 12.7. The van der Waals surface area contributed by atoms with Crippen LogP contribution in [0, 0.1) is 0 Å². The molecule has 0 aromatic heterocycles. The molecule has 0 saturated heterocycles. The van der Waals surface area contributed by atoms with E-state index in [1.807, 2.05) is 0 Å². The van der Waals surface area contributed by atoms with Gasteiger partial charge in [-0.15, -0.1) is 0 Å². The monoisotopic (exact) mass is 1160 g/mol. The fourth-order valence-electron chi connectivity index (χ4n) is 10.2. The largest absolute Gasteiger partial charge is 0.462 e. The number of hydrogen-bond acceptors (Lipinski definition) is 6. The predicted octanol–water partition coefficient (Wildman–Crippen LogP) is 24.8. The van der Waals surface area contributed by atoms with Gasteiger partial charge in [0.25, 0.3) is 0 Å². The quantitative estimate of drug-likeness (QED) is 0.0261. The zero-order valence-electron chi connectivity index (χ0n) is 54.9. The van der Waals surface area contributed by atoms with Gasteiger partial charge in [0, 0.05) is 19.3 Å². The van der Waals surface area contributed by atoms with Crippen molar-refractivity contribution in [2.24, 2.45) is 0 Å². The second-order valence-electron chi connectivity index (χ2n) is 23.8. The fraction of sp³-hybridized carbons (Fsp3) is 0.753. The van der Waals surface area contributed by atoms with E-state index in [9.17, 15) is 14.4 Å². The van der Waals surface area contributed by atoms with Gasteiger partial charge in [-0.2, -0.15) is 0 Å². The maximum absolute atomic E-state index is 13.0. The summed E-state index contributed by atoms with van der Waals surface area (Å²) in [6.45, 7) is 6.54. The third-order valence-electron chi connectivity index (χ3n) is 15.5. The highest BCUT2D eigenvalue weighted by molar-refractivity contribution is 5.71. The molecular formula is C77H134O6. The molecule has 0 aliphatic heterocycles. The van der Waals surface area contributed by atoms with Gasteiger partial charge in [0.1, 0.15) is 13.2 Å². The molecule has 0 aliphatic rings. The minimum atomic E-state index is -0.786. The lowest BCUT2D eigenvalue weighted by molar-refractivity contribution is -0.167. The van der Waals surface area contributed by atoms with Crippen molar-refractivity contribution in [3.8, 4) is 0 Å². The second-order valence-corrected chi connectivity index (χ2v) is 23.8. The number of unbranched alkanes of at least 4 members (excludes halogenated alkanes) is 38. The van der Waals surface area contributed by atoms with Crippen LogP contribution in [0.25, 0.3) is 0 Å². The Morgan fingerprint density at radius 1 is 0.253 bits per heavy atom. The average molecular weight is 1160 g/mol. The molecule has 0 radical (unpaired) electrons. The minimum absolute atomic E-state index is 0.0806. The van der Waals surface area contributed by atoms with E-state index in [1.54, 1.807) is 0 Å². The number of allylic oxidation sites excluding steroid dienone is 16. The van der Waals surface area contributed by atoms with Crippen LogP contribution >= 0.6 is 0 Å². The number of rotatable bonds is 65. The second kappa shape index (κ2) is 70.8. The Kier molecular flexibility index (Phi) is 67.7. The third kappa shape index (κ3) is 69.0. The number of hydrogen-bond donors (Lipinski definition) is 0. The predicted molar refractivity (Wildman–Crippen MR) is 362 cm³/mol. The molecule has 1 unspecified atom stereocenters. The van der Waals surface area contributed by atoms with Crippen LogP contribution < -0.4 is 0 Å². The molecule has 1 atom stereocenters. The van der Waals surface area contributed by atoms with E-state index >= 15 is 0 Å². The number of carbonyl (C=O) groups is 3. The van der Waals surface area contributed by atoms with Gasteiger partial charge >= 0.3 is 17.9 Å². The van der Waals surface area contributed by atoms with E-state index in [0.29, 0.717) is 19.3 Å². The molecule has 0 aromatic carbocycles. The Morgan fingerprint density at radius 2 is 0.470 bits per heavy atom. The van der Waals surface area contributed by atoms with Crippen molar-refractivity contribution in [2.45, 2.75) is 361 Å². The van der Waals surface area contributed by atoms with Crippen LogP contribution in [-0.4, -0.2) is 37.2 Å². The highest BCUT2D eigenvalue weighted by Crippen LogP contribution is 2.17. The first-order chi connectivity index (χ1) is 41.0. The summed E-state index contributed by atoms with van der Waals surface area (Å²) in [5.74, 6) is -0.876. The maximum Gasteiger partial charge on any atom is 0.306 e. The van der Waals surface area contributed by atoms with Crippen molar-refractivity contribution in [2.75, 3.05) is 13.2 Å². The molecular weight excluding hydrogens is 1020 g/mol. The standard InChI is InChI=1S/C77H134O6/c1-4-7-10-13-16-19-22-25-28-31-33-35-36-37-38-39-40-42-43-46-49-52-55-58-61-64-67-70-76(79)82-73-74(72-81-75(78)69-66-63-60-57-54-51-48-45-30-27-24-21-18-15-12-9-6-3)83-77(80)71-68-65-62-59-56-53-50-47-44-41-34-32-29-26-23-20-17-14-11-8-5-2/h7,10,16,18-19,21,25,27-28,30,32-35,37-38,74H,4-6,8-9,11-15,17,20,22-24,26,29,31,36,39-73H2,1-3H3/b10-7-,19-16-,21-18-,28-25-,30-27-,34-32-,35-33-,38-37-. The zero-order valence-corrected chi connectivity index (χ0v) is 54.9. The Bertz CT molecular complexity index is 1610. The van der Waals surface area contributed by atoms with Crippen molar-refractivity contribution in [1.82, 2.24) is 0 Å². The molecule has 0 rings (SSSR count). The Morgan fingerprint density at radius 3 is 0.771 bits per heavy atom. The molecule has 0 aliphatic carbocycles. The highest BCUT2D eigenvalue weighted by Gasteiger charge is 2.19. The van der Waals surface area contributed by atoms with Crippen LogP contribution in [0.5, 0.6) is 0 Å². The van der Waals surface area contributed by atoms with E-state index in [0.717, 1.165) is 103 Å². The molecule has 0 N–H and O–H groups in total. The molecule has 83 heavy (non-hydrogen) atoms. The van der Waals surface area contributed by atoms with Crippen LogP contribution in [0.1, 0.15) is 355 Å². The van der Waals surface area contributed by atoms with Crippen molar-refractivity contribution in [1.29, 1.82) is 0 Å². The summed E-state index contributed by atoms with van der Waals surface area (Å²) in [6, 6.07) is 0. The van der Waals surface area contributed by atoms with Crippen LogP contribution in [0.4, 0.5) is 0 Å². The molecule has 0 aromatic rings. The highest BCUT2D eigenvalue weighted by atomic mass is 16.6. The van der Waals surface area contributed by atoms with E-state index in [2.05, 4.69) is 118 Å². The lowest BCUT2D eigenvalue weighted by atomic mass is 10.0. The summed E-state index contributed by atoms with van der Waals surface area (Å²) in [5, 5.41) is 0. The average Bonchev–Trinajstić information content (AvgIpc) is 3.49. The Balaban J connectivity index is 4.35. The molecule has 6 heteroatoms. The Hall–Kier alpha value is -3.67. The summed E-state index contributed by atoms with van der Waals surface area (Å²) in [4.78, 5) is 38.5. The molecule has 0 fully saturated rings. The molecule has 0 bridgehead atoms. The first-order valence-corrected chi connectivity index (χ1v) is 35.7. The van der Waals surface area contributed by atoms with E-state index in [-0.39, 0.29) is 31.1 Å². The summed E-state index contributed by atoms with van der Waals surface area (Å²) in [6.07, 6.45) is 95.7. The van der Waals surface area contributed by atoms with Crippen molar-refractivity contribution < 1.29 is 28.6 Å². The van der Waals surface area contributed by atoms with Gasteiger partial charge in [-0.3, -0.25) is 14.4 Å². The summed E-state index contributed by atoms with van der Waals surface area (Å²) in [5.41, 5.74) is 0. The van der Waals surface area contributed by atoms with Gasteiger partial charge in [-0.05, 0) is 122 Å². The molecule has 6 nitrogen and oxygen atoms in total. The van der Waals surface area contributed by atoms with Crippen molar-refractivity contribution in [3.05, 3.63) is 97.2 Å². The van der Waals surface area contributed by atoms with Gasteiger partial charge in [0.2, 0.25) is 0 Å². The lowest BCUT2D eigenvalue weighted by Gasteiger charge is -2.18. The number of ether oxygens (including phenoxy) is 3. The summed E-state index contributed by atoms with van der Waals surface area (Å²) < 4.78 is 17.0. The topological polar surface area (TPSA) is 78.9 Å². The van der Waals surface area contributed by atoms with Crippen molar-refractivity contribution >= 4 is 17.9 Å². The van der Waals surface area contributed by atoms with Crippen molar-refractivity contribution in [3.63, 3.8) is 0 Å². The lowest BCUT2D eigenvalue weighted by Crippen LogP contribution is -2.30. The van der Waals surface area contributed by atoms with E-state index in [1.165, 1.54) is 212 Å². The zero-order chi connectivity index (χ0) is 59.9. The van der Waals surface area contributed by atoms with Crippen LogP contribution in [0.2, 0.25) is 0 Å². The smallest absolute Gasteiger partial charge is 0.306 e. The minimum Gasteiger partial charge on any atom is -0.462 e. The fourth-order valence-corrected chi connectivity index (χ4v) is 10.2.